The molecule has 20 nitrogen and oxygen atoms in total. The van der Waals surface area contributed by atoms with E-state index in [1.54, 1.807) is 0 Å². The molecule has 4 N–H and O–H groups in total. The van der Waals surface area contributed by atoms with Crippen molar-refractivity contribution in [2.24, 2.45) is 0 Å². The number of nitrogens with zero attached hydrogens (tertiary/aromatic N) is 1. The molecule has 0 aromatic carbocycles. The van der Waals surface area contributed by atoms with Crippen molar-refractivity contribution in [3.05, 3.63) is 33.1 Å². The Balaban J connectivity index is -0.00000289. The maximum absolute atomic E-state index is 11.8. The van der Waals surface area contributed by atoms with Crippen molar-refractivity contribution in [1.29, 1.82) is 0 Å². The SMILES string of the molecule is O=c1ccn([C@@H]2O[C@H](COP(=O)([O-])OP(=O)([O-])OP(=O)([O-])OP(=O)([O-])O)[C@@H](O)[C@H]2O)c(=O)[nH]1.[Na+].[Na+].[Na+].[Na+]. The summed E-state index contributed by atoms with van der Waals surface area (Å²) in [4.78, 5) is 77.3. The summed E-state index contributed by atoms with van der Waals surface area (Å²) in [6, 6.07) is 0.861. The summed E-state index contributed by atoms with van der Waals surface area (Å²) in [5.41, 5.74) is -1.87. The Morgan fingerprint density at radius 2 is 1.38 bits per heavy atom. The zero-order valence-electron chi connectivity index (χ0n) is 19.4. The first-order chi connectivity index (χ1) is 14.8. The van der Waals surface area contributed by atoms with Gasteiger partial charge in [-0.05, 0) is 0 Å². The molecule has 1 aliphatic heterocycles. The summed E-state index contributed by atoms with van der Waals surface area (Å²) in [7, 11) is -24.9. The number of H-pyrrole nitrogens is 1. The van der Waals surface area contributed by atoms with Crippen LogP contribution in [0, 0.1) is 0 Å². The molecule has 8 atom stereocenters. The first kappa shape index (κ1) is 44.6. The Hall–Kier alpha value is 3.12. The van der Waals surface area contributed by atoms with Crippen LogP contribution in [0.1, 0.15) is 6.23 Å². The van der Waals surface area contributed by atoms with Crippen LogP contribution >= 0.6 is 31.3 Å². The minimum absolute atomic E-state index is 0. The number of aromatic nitrogens is 2. The van der Waals surface area contributed by atoms with E-state index in [1.165, 1.54) is 0 Å². The van der Waals surface area contributed by atoms with E-state index in [2.05, 4.69) is 17.5 Å². The van der Waals surface area contributed by atoms with E-state index >= 15 is 0 Å². The summed E-state index contributed by atoms with van der Waals surface area (Å²) >= 11 is 0. The number of rotatable bonds is 10. The molecule has 28 heteroatoms. The minimum Gasteiger partial charge on any atom is -0.756 e. The number of aliphatic hydroxyl groups is 2. The second-order valence-electron chi connectivity index (χ2n) is 5.91. The van der Waals surface area contributed by atoms with Crippen molar-refractivity contribution >= 4 is 31.3 Å². The summed E-state index contributed by atoms with van der Waals surface area (Å²) < 4.78 is 63.6. The van der Waals surface area contributed by atoms with Crippen molar-refractivity contribution < 1.29 is 193 Å². The van der Waals surface area contributed by atoms with E-state index in [4.69, 9.17) is 9.63 Å². The van der Waals surface area contributed by atoms with E-state index in [9.17, 15) is 57.6 Å². The number of ether oxygens (including phenoxy) is 1. The van der Waals surface area contributed by atoms with Crippen LogP contribution < -0.4 is 149 Å². The molecule has 0 aliphatic carbocycles. The van der Waals surface area contributed by atoms with Crippen LogP contribution in [-0.4, -0.2) is 49.6 Å². The first-order valence-electron chi connectivity index (χ1n) is 7.89. The van der Waals surface area contributed by atoms with Crippen molar-refractivity contribution in [3.63, 3.8) is 0 Å². The monoisotopic (exact) mass is 652 g/mol. The largest absolute Gasteiger partial charge is 1.00 e. The van der Waals surface area contributed by atoms with E-state index in [0.717, 1.165) is 12.3 Å². The Morgan fingerprint density at radius 3 is 1.86 bits per heavy atom. The molecule has 0 amide bonds. The van der Waals surface area contributed by atoms with Crippen LogP contribution in [0.4, 0.5) is 0 Å². The molecule has 0 saturated carbocycles. The Bertz CT molecular complexity index is 1190. The molecule has 1 aliphatic rings. The zero-order valence-corrected chi connectivity index (χ0v) is 31.0. The fourth-order valence-electron chi connectivity index (χ4n) is 2.31. The molecule has 0 bridgehead atoms. The number of hydrogen-bond donors (Lipinski definition) is 4. The van der Waals surface area contributed by atoms with Crippen molar-refractivity contribution in [3.8, 4) is 0 Å². The Labute approximate surface area is 294 Å². The molecular formula is C9H12N2Na4O18P4. The second kappa shape index (κ2) is 17.4. The molecule has 2 rings (SSSR count). The third kappa shape index (κ3) is 14.9. The molecule has 1 aromatic rings. The maximum Gasteiger partial charge on any atom is 1.00 e. The van der Waals surface area contributed by atoms with Gasteiger partial charge in [0.15, 0.2) is 6.23 Å². The van der Waals surface area contributed by atoms with Gasteiger partial charge in [0, 0.05) is 12.3 Å². The van der Waals surface area contributed by atoms with Gasteiger partial charge in [-0.2, -0.15) is 0 Å². The average Bonchev–Trinajstić information content (AvgIpc) is 2.84. The summed E-state index contributed by atoms with van der Waals surface area (Å²) in [6.07, 6.45) is -6.29. The molecule has 2 heterocycles. The molecule has 1 fully saturated rings. The number of hydrogen-bond acceptors (Lipinski definition) is 17. The number of aliphatic hydroxyl groups excluding tert-OH is 2. The fraction of sp³-hybridized carbons (Fsp3) is 0.556. The van der Waals surface area contributed by atoms with Crippen LogP contribution in [0.25, 0.3) is 0 Å². The van der Waals surface area contributed by atoms with E-state index < -0.39 is 73.7 Å². The van der Waals surface area contributed by atoms with Gasteiger partial charge in [-0.3, -0.25) is 32.6 Å². The summed E-state index contributed by atoms with van der Waals surface area (Å²) in [5, 5.41) is 19.9. The molecular weight excluding hydrogens is 640 g/mol. The standard InChI is InChI=1S/C9H16N2O18P4.4Na/c12-5-1-2-11(9(15)10-5)8-7(14)6(13)4(26-8)3-25-31(19,20)28-33(23,24)29-32(21,22)27-30(16,17)18;;;;/h1-2,4,6-8,13-14H,3H2,(H,19,20)(H,21,22)(H,23,24)(H,10,12,15)(H2,16,17,18);;;;/q;4*+1/p-4/t4-,6-,7-,8-;;;;/m1..../s1. The van der Waals surface area contributed by atoms with Crippen molar-refractivity contribution in [1.82, 2.24) is 9.55 Å². The van der Waals surface area contributed by atoms with Gasteiger partial charge in [0.05, 0.1) is 6.61 Å². The summed E-state index contributed by atoms with van der Waals surface area (Å²) in [6.45, 7) is -1.26. The molecule has 4 unspecified atom stereocenters. The predicted molar refractivity (Wildman–Crippen MR) is 89.1 cm³/mol. The Kier molecular flexibility index (Phi) is 21.0. The molecule has 1 saturated heterocycles. The zero-order chi connectivity index (χ0) is 25.4. The van der Waals surface area contributed by atoms with Crippen molar-refractivity contribution in [2.45, 2.75) is 24.5 Å². The van der Waals surface area contributed by atoms with E-state index in [0.29, 0.717) is 4.57 Å². The van der Waals surface area contributed by atoms with Gasteiger partial charge in [-0.1, -0.05) is 0 Å². The number of nitrogens with one attached hydrogen (secondary N) is 1. The van der Waals surface area contributed by atoms with E-state index in [1.807, 2.05) is 4.98 Å². The van der Waals surface area contributed by atoms with Gasteiger partial charge in [0.1, 0.15) is 18.3 Å². The van der Waals surface area contributed by atoms with E-state index in [-0.39, 0.29) is 118 Å². The third-order valence-corrected chi connectivity index (χ3v) is 8.75. The fourth-order valence-corrected chi connectivity index (χ4v) is 6.58. The van der Waals surface area contributed by atoms with Gasteiger partial charge >= 0.3 is 124 Å². The van der Waals surface area contributed by atoms with Gasteiger partial charge in [-0.25, -0.2) is 17.7 Å². The molecule has 190 valence electrons. The van der Waals surface area contributed by atoms with Crippen LogP contribution in [-0.2, 0) is 40.5 Å². The third-order valence-electron chi connectivity index (χ3n) is 3.46. The minimum atomic E-state index is -6.44. The van der Waals surface area contributed by atoms with Crippen LogP contribution in [0.15, 0.2) is 21.9 Å². The molecule has 1 aromatic heterocycles. The number of aromatic amines is 1. The average molecular weight is 652 g/mol. The van der Waals surface area contributed by atoms with Crippen molar-refractivity contribution in [2.75, 3.05) is 6.61 Å². The first-order valence-corrected chi connectivity index (χ1v) is 13.8. The maximum atomic E-state index is 11.8. The van der Waals surface area contributed by atoms with Crippen LogP contribution in [0.3, 0.4) is 0 Å². The normalized spacial score (nSPS) is 27.3. The second-order valence-corrected chi connectivity index (χ2v) is 11.8. The van der Waals surface area contributed by atoms with Gasteiger partial charge in [-0.15, -0.1) is 0 Å². The molecule has 0 spiro atoms. The van der Waals surface area contributed by atoms with Gasteiger partial charge in [0.2, 0.25) is 0 Å². The quantitative estimate of drug-likeness (QED) is 0.135. The predicted octanol–water partition coefficient (Wildman–Crippen LogP) is -16.9. The van der Waals surface area contributed by atoms with Crippen LogP contribution in [0.2, 0.25) is 0 Å². The number of phosphoric acid groups is 4. The summed E-state index contributed by atoms with van der Waals surface area (Å²) in [5.74, 6) is 0. The topological polar surface area (TPSA) is 322 Å². The van der Waals surface area contributed by atoms with Gasteiger partial charge in [0.25, 0.3) is 36.9 Å². The number of phosphoric ester groups is 1. The molecule has 0 radical (unpaired) electrons. The Morgan fingerprint density at radius 1 is 0.892 bits per heavy atom. The van der Waals surface area contributed by atoms with Gasteiger partial charge < -0.3 is 43.9 Å². The van der Waals surface area contributed by atoms with Crippen LogP contribution in [0.5, 0.6) is 0 Å². The molecule has 37 heavy (non-hydrogen) atoms. The smallest absolute Gasteiger partial charge is 0.756 e.